The van der Waals surface area contributed by atoms with E-state index in [1.807, 2.05) is 0 Å². The molecule has 1 amide bonds. The van der Waals surface area contributed by atoms with Crippen LogP contribution in [0.5, 0.6) is 0 Å². The van der Waals surface area contributed by atoms with Crippen LogP contribution in [-0.2, 0) is 33.9 Å². The molecule has 0 saturated carbocycles. The Hall–Kier alpha value is -3.80. The van der Waals surface area contributed by atoms with Gasteiger partial charge in [-0.2, -0.15) is 0 Å². The summed E-state index contributed by atoms with van der Waals surface area (Å²) in [6.07, 6.45) is -0.339. The number of carbonyl (C=O) groups is 5. The zero-order valence-electron chi connectivity index (χ0n) is 17.6. The fraction of sp³-hybridized carbons (Fsp3) is 0.286. The van der Waals surface area contributed by atoms with E-state index in [1.165, 1.54) is 30.5 Å². The zero-order valence-corrected chi connectivity index (χ0v) is 18.4. The minimum Gasteiger partial charge on any atom is -0.481 e. The lowest BCUT2D eigenvalue weighted by atomic mass is 10.1. The van der Waals surface area contributed by atoms with Crippen molar-refractivity contribution < 1.29 is 42.2 Å². The van der Waals surface area contributed by atoms with E-state index in [1.54, 1.807) is 18.2 Å². The zero-order chi connectivity index (χ0) is 24.6. The number of rotatable bonds is 12. The van der Waals surface area contributed by atoms with Gasteiger partial charge in [0.2, 0.25) is 5.91 Å². The summed E-state index contributed by atoms with van der Waals surface area (Å²) in [5.74, 6) is -4.38. The Morgan fingerprint density at radius 3 is 2.30 bits per heavy atom. The van der Waals surface area contributed by atoms with Crippen LogP contribution in [0.25, 0.3) is 0 Å². The number of ketones is 2. The van der Waals surface area contributed by atoms with E-state index in [2.05, 4.69) is 10.1 Å². The van der Waals surface area contributed by atoms with Crippen LogP contribution in [0.4, 0.5) is 0 Å². The van der Waals surface area contributed by atoms with Crippen molar-refractivity contribution in [2.24, 2.45) is 0 Å². The van der Waals surface area contributed by atoms with E-state index in [9.17, 15) is 32.4 Å². The van der Waals surface area contributed by atoms with E-state index < -0.39 is 71.3 Å². The second-order valence-corrected chi connectivity index (χ2v) is 8.71. The summed E-state index contributed by atoms with van der Waals surface area (Å²) in [5.41, 5.74) is -0.153. The summed E-state index contributed by atoms with van der Waals surface area (Å²) in [6, 6.07) is 8.72. The maximum atomic E-state index is 12.8. The maximum Gasteiger partial charge on any atom is 0.305 e. The molecule has 0 spiro atoms. The van der Waals surface area contributed by atoms with E-state index in [0.29, 0.717) is 0 Å². The van der Waals surface area contributed by atoms with Gasteiger partial charge >= 0.3 is 11.9 Å². The first-order chi connectivity index (χ1) is 15.5. The number of hydrogen-bond donors (Lipinski definition) is 2. The van der Waals surface area contributed by atoms with E-state index in [-0.39, 0.29) is 10.6 Å². The number of benzene rings is 1. The lowest BCUT2D eigenvalue weighted by molar-refractivity contribution is -0.147. The minimum atomic E-state index is -4.02. The highest BCUT2D eigenvalue weighted by molar-refractivity contribution is 7.90. The molecule has 0 saturated heterocycles. The molecule has 0 radical (unpaired) electrons. The van der Waals surface area contributed by atoms with Gasteiger partial charge in [-0.05, 0) is 24.3 Å². The molecule has 1 heterocycles. The van der Waals surface area contributed by atoms with Gasteiger partial charge in [0.25, 0.3) is 10.0 Å². The number of carboxylic acid groups (broad SMARTS) is 1. The smallest absolute Gasteiger partial charge is 0.305 e. The monoisotopic (exact) mass is 478 g/mol. The number of ether oxygens (including phenoxy) is 1. The summed E-state index contributed by atoms with van der Waals surface area (Å²) in [5, 5.41) is 11.1. The molecule has 12 heteroatoms. The van der Waals surface area contributed by atoms with Crippen molar-refractivity contribution >= 4 is 39.4 Å². The van der Waals surface area contributed by atoms with Crippen LogP contribution >= 0.6 is 0 Å². The Morgan fingerprint density at radius 2 is 1.70 bits per heavy atom. The lowest BCUT2D eigenvalue weighted by Gasteiger charge is -2.15. The van der Waals surface area contributed by atoms with Crippen LogP contribution in [0.15, 0.2) is 53.6 Å². The van der Waals surface area contributed by atoms with Crippen molar-refractivity contribution in [3.8, 4) is 0 Å². The predicted octanol–water partition coefficient (Wildman–Crippen LogP) is 0.780. The van der Waals surface area contributed by atoms with Gasteiger partial charge in [-0.15, -0.1) is 0 Å². The molecule has 1 aromatic heterocycles. The fourth-order valence-corrected chi connectivity index (χ4v) is 4.19. The average Bonchev–Trinajstić information content (AvgIpc) is 3.26. The molecule has 0 bridgehead atoms. The van der Waals surface area contributed by atoms with Gasteiger partial charge in [0, 0.05) is 26.0 Å². The Balaban J connectivity index is 2.05. The normalized spacial score (nSPS) is 11.9. The highest BCUT2D eigenvalue weighted by atomic mass is 32.2. The quantitative estimate of drug-likeness (QED) is 0.331. The van der Waals surface area contributed by atoms with Crippen LogP contribution in [0, 0.1) is 0 Å². The maximum absolute atomic E-state index is 12.8. The first kappa shape index (κ1) is 25.5. The number of hydrogen-bond acceptors (Lipinski definition) is 8. The van der Waals surface area contributed by atoms with Gasteiger partial charge in [-0.25, -0.2) is 12.4 Å². The average molecular weight is 478 g/mol. The number of amides is 1. The van der Waals surface area contributed by atoms with E-state index >= 15 is 0 Å². The van der Waals surface area contributed by atoms with Crippen molar-refractivity contribution in [3.63, 3.8) is 0 Å². The first-order valence-electron chi connectivity index (χ1n) is 9.70. The second-order valence-electron chi connectivity index (χ2n) is 6.90. The third kappa shape index (κ3) is 7.10. The largest absolute Gasteiger partial charge is 0.481 e. The third-order valence-corrected chi connectivity index (χ3v) is 6.10. The number of esters is 1. The first-order valence-corrected chi connectivity index (χ1v) is 11.1. The molecule has 0 aliphatic heterocycles. The molecule has 0 aliphatic rings. The Morgan fingerprint density at radius 1 is 1.03 bits per heavy atom. The second kappa shape index (κ2) is 11.2. The SMILES string of the molecule is CC(=O)OCC(=O)C(CC(=O)O)NC(=O)CCC(=O)c1cccn1S(=O)(=O)c1ccccc1. The summed E-state index contributed by atoms with van der Waals surface area (Å²) in [6.45, 7) is 0.356. The standard InChI is InChI=1S/C21H22N2O9S/c1-14(24)32-13-19(26)16(12-21(28)29)22-20(27)10-9-18(25)17-8-5-11-23(17)33(30,31)15-6-3-2-4-7-15/h2-8,11,16H,9-10,12-13H2,1H3,(H,22,27)(H,28,29). The number of Topliss-reactive ketones (excluding diaryl/α,β-unsaturated/α-hetero) is 2. The molecule has 176 valence electrons. The molecule has 33 heavy (non-hydrogen) atoms. The van der Waals surface area contributed by atoms with Crippen LogP contribution in [0.1, 0.15) is 36.7 Å². The molecule has 0 fully saturated rings. The van der Waals surface area contributed by atoms with E-state index in [4.69, 9.17) is 5.11 Å². The molecule has 1 aromatic carbocycles. The molecule has 2 aromatic rings. The summed E-state index contributed by atoms with van der Waals surface area (Å²) in [4.78, 5) is 58.6. The van der Waals surface area contributed by atoms with Crippen molar-refractivity contribution in [3.05, 3.63) is 54.4 Å². The molecule has 2 N–H and O–H groups in total. The van der Waals surface area contributed by atoms with Crippen molar-refractivity contribution in [1.82, 2.24) is 9.29 Å². The van der Waals surface area contributed by atoms with Gasteiger partial charge in [-0.1, -0.05) is 18.2 Å². The molecular formula is C21H22N2O9S. The lowest BCUT2D eigenvalue weighted by Crippen LogP contribution is -2.44. The molecular weight excluding hydrogens is 456 g/mol. The topological polar surface area (TPSA) is 166 Å². The number of nitrogens with one attached hydrogen (secondary N) is 1. The molecule has 11 nitrogen and oxygen atoms in total. The number of carbonyl (C=O) groups excluding carboxylic acids is 4. The van der Waals surface area contributed by atoms with E-state index in [0.717, 1.165) is 10.9 Å². The molecule has 2 rings (SSSR count). The van der Waals surface area contributed by atoms with Crippen molar-refractivity contribution in [2.45, 2.75) is 37.1 Å². The summed E-state index contributed by atoms with van der Waals surface area (Å²) in [7, 11) is -4.02. The van der Waals surface area contributed by atoms with Crippen molar-refractivity contribution in [2.75, 3.05) is 6.61 Å². The van der Waals surface area contributed by atoms with Crippen LogP contribution in [0.3, 0.4) is 0 Å². The van der Waals surface area contributed by atoms with Crippen LogP contribution in [-0.4, -0.2) is 59.6 Å². The highest BCUT2D eigenvalue weighted by Crippen LogP contribution is 2.18. The van der Waals surface area contributed by atoms with Gasteiger partial charge in [0.1, 0.15) is 6.04 Å². The van der Waals surface area contributed by atoms with Gasteiger partial charge < -0.3 is 15.2 Å². The van der Waals surface area contributed by atoms with Crippen LogP contribution < -0.4 is 5.32 Å². The Labute approximate surface area is 189 Å². The third-order valence-electron chi connectivity index (χ3n) is 4.40. The Kier molecular flexibility index (Phi) is 8.63. The van der Waals surface area contributed by atoms with Crippen LogP contribution in [0.2, 0.25) is 0 Å². The Bertz CT molecular complexity index is 1150. The summed E-state index contributed by atoms with van der Waals surface area (Å²) < 4.78 is 30.9. The predicted molar refractivity (Wildman–Crippen MR) is 113 cm³/mol. The minimum absolute atomic E-state index is 0.0178. The highest BCUT2D eigenvalue weighted by Gasteiger charge is 2.26. The number of carboxylic acids is 1. The van der Waals surface area contributed by atoms with Crippen molar-refractivity contribution in [1.29, 1.82) is 0 Å². The molecule has 0 aliphatic carbocycles. The van der Waals surface area contributed by atoms with Gasteiger partial charge in [0.15, 0.2) is 18.2 Å². The number of aliphatic carboxylic acids is 1. The number of aromatic nitrogens is 1. The van der Waals surface area contributed by atoms with Gasteiger partial charge in [0.05, 0.1) is 17.0 Å². The molecule has 1 unspecified atom stereocenters. The van der Waals surface area contributed by atoms with Gasteiger partial charge in [-0.3, -0.25) is 24.0 Å². The summed E-state index contributed by atoms with van der Waals surface area (Å²) >= 11 is 0. The fourth-order valence-electron chi connectivity index (χ4n) is 2.81. The molecule has 1 atom stereocenters. The number of nitrogens with zero attached hydrogens (tertiary/aromatic N) is 1.